The summed E-state index contributed by atoms with van der Waals surface area (Å²) in [6.45, 7) is 5.21. The largest absolute Gasteiger partial charge is 0.496 e. The van der Waals surface area contributed by atoms with E-state index in [9.17, 15) is 0 Å². The van der Waals surface area contributed by atoms with Gasteiger partial charge in [0.05, 0.1) is 7.11 Å². The maximum atomic E-state index is 5.37. The number of hydrogen-bond donors (Lipinski definition) is 1. The van der Waals surface area contributed by atoms with Crippen LogP contribution in [0.3, 0.4) is 0 Å². The van der Waals surface area contributed by atoms with E-state index in [2.05, 4.69) is 34.7 Å². The van der Waals surface area contributed by atoms with Gasteiger partial charge >= 0.3 is 0 Å². The van der Waals surface area contributed by atoms with Crippen molar-refractivity contribution in [1.82, 2.24) is 14.8 Å². The number of ether oxygens (including phenoxy) is 1. The minimum absolute atomic E-state index is 0.528. The lowest BCUT2D eigenvalue weighted by atomic mass is 10.1. The zero-order valence-electron chi connectivity index (χ0n) is 11.5. The molecule has 0 saturated heterocycles. The Morgan fingerprint density at radius 2 is 2.11 bits per heavy atom. The lowest BCUT2D eigenvalue weighted by Gasteiger charge is -2.11. The summed E-state index contributed by atoms with van der Waals surface area (Å²) in [5, 5.41) is 7.21. The topological polar surface area (TPSA) is 42.8 Å². The average Bonchev–Trinajstić information content (AvgIpc) is 2.71. The number of nitrogens with zero attached hydrogens (tertiary/aromatic N) is 2. The van der Waals surface area contributed by atoms with Crippen LogP contribution in [0.4, 0.5) is 0 Å². The second-order valence-electron chi connectivity index (χ2n) is 4.94. The molecule has 0 aliphatic rings. The van der Waals surface area contributed by atoms with Crippen molar-refractivity contribution in [2.24, 2.45) is 5.92 Å². The number of rotatable bonds is 5. The highest BCUT2D eigenvalue weighted by molar-refractivity contribution is 7.71. The number of benzene rings is 1. The summed E-state index contributed by atoms with van der Waals surface area (Å²) in [6, 6.07) is 7.99. The average molecular weight is 277 g/mol. The van der Waals surface area contributed by atoms with E-state index in [-0.39, 0.29) is 0 Å². The van der Waals surface area contributed by atoms with Gasteiger partial charge in [0.1, 0.15) is 11.6 Å². The Labute approximate surface area is 118 Å². The first-order chi connectivity index (χ1) is 9.11. The van der Waals surface area contributed by atoms with Gasteiger partial charge in [0, 0.05) is 18.5 Å². The van der Waals surface area contributed by atoms with Gasteiger partial charge in [-0.1, -0.05) is 32.0 Å². The molecule has 0 aliphatic heterocycles. The summed E-state index contributed by atoms with van der Waals surface area (Å²) >= 11 is 5.28. The third-order valence-electron chi connectivity index (χ3n) is 2.93. The van der Waals surface area contributed by atoms with Crippen molar-refractivity contribution in [2.45, 2.75) is 26.8 Å². The van der Waals surface area contributed by atoms with Crippen molar-refractivity contribution >= 4 is 12.2 Å². The molecule has 0 saturated carbocycles. The number of para-hydroxylation sites is 1. The first-order valence-corrected chi connectivity index (χ1v) is 6.78. The summed E-state index contributed by atoms with van der Waals surface area (Å²) in [5.41, 5.74) is 1.11. The van der Waals surface area contributed by atoms with Crippen LogP contribution in [-0.4, -0.2) is 21.9 Å². The van der Waals surface area contributed by atoms with Crippen LogP contribution in [-0.2, 0) is 13.0 Å². The molecular formula is C14H19N3OS. The van der Waals surface area contributed by atoms with Crippen LogP contribution in [0.5, 0.6) is 5.75 Å². The molecule has 0 amide bonds. The monoisotopic (exact) mass is 277 g/mol. The Morgan fingerprint density at radius 1 is 1.37 bits per heavy atom. The molecule has 0 fully saturated rings. The van der Waals surface area contributed by atoms with Crippen molar-refractivity contribution in [3.8, 4) is 5.75 Å². The van der Waals surface area contributed by atoms with E-state index in [0.29, 0.717) is 17.1 Å². The van der Waals surface area contributed by atoms with Gasteiger partial charge in [0.2, 0.25) is 0 Å². The Hall–Kier alpha value is -1.62. The van der Waals surface area contributed by atoms with Crippen LogP contribution in [0, 0.1) is 10.7 Å². The molecule has 0 spiro atoms. The summed E-state index contributed by atoms with van der Waals surface area (Å²) in [4.78, 5) is 0. The Morgan fingerprint density at radius 3 is 2.79 bits per heavy atom. The van der Waals surface area contributed by atoms with Crippen molar-refractivity contribution < 1.29 is 4.74 Å². The summed E-state index contributed by atoms with van der Waals surface area (Å²) in [7, 11) is 1.68. The fourth-order valence-corrected chi connectivity index (χ4v) is 2.28. The highest BCUT2D eigenvalue weighted by Gasteiger charge is 2.11. The molecule has 1 heterocycles. The van der Waals surface area contributed by atoms with E-state index in [1.807, 2.05) is 18.2 Å². The third-order valence-corrected chi connectivity index (χ3v) is 3.24. The van der Waals surface area contributed by atoms with E-state index in [1.54, 1.807) is 7.11 Å². The lowest BCUT2D eigenvalue weighted by Crippen LogP contribution is -2.09. The predicted molar refractivity (Wildman–Crippen MR) is 78.0 cm³/mol. The second kappa shape index (κ2) is 6.02. The number of methoxy groups -OCH3 is 1. The number of aromatic amines is 1. The zero-order chi connectivity index (χ0) is 13.8. The molecule has 0 aliphatic carbocycles. The molecule has 0 radical (unpaired) electrons. The van der Waals surface area contributed by atoms with Crippen LogP contribution in [0.2, 0.25) is 0 Å². The van der Waals surface area contributed by atoms with Gasteiger partial charge in [-0.3, -0.25) is 5.10 Å². The van der Waals surface area contributed by atoms with Crippen molar-refractivity contribution in [3.05, 3.63) is 40.4 Å². The maximum absolute atomic E-state index is 5.37. The molecule has 102 valence electrons. The van der Waals surface area contributed by atoms with Gasteiger partial charge in [-0.05, 0) is 24.2 Å². The van der Waals surface area contributed by atoms with E-state index in [1.165, 1.54) is 0 Å². The minimum atomic E-state index is 0.528. The van der Waals surface area contributed by atoms with E-state index >= 15 is 0 Å². The van der Waals surface area contributed by atoms with Gasteiger partial charge in [0.15, 0.2) is 4.77 Å². The number of nitrogens with one attached hydrogen (secondary N) is 1. The molecule has 19 heavy (non-hydrogen) atoms. The first-order valence-electron chi connectivity index (χ1n) is 6.37. The Kier molecular flexibility index (Phi) is 4.37. The molecule has 5 heteroatoms. The fraction of sp³-hybridized carbons (Fsp3) is 0.429. The van der Waals surface area contributed by atoms with E-state index < -0.39 is 0 Å². The molecule has 1 aromatic carbocycles. The predicted octanol–water partition coefficient (Wildman–Crippen LogP) is 3.20. The van der Waals surface area contributed by atoms with Crippen LogP contribution in [0.1, 0.15) is 25.2 Å². The van der Waals surface area contributed by atoms with Crippen molar-refractivity contribution in [1.29, 1.82) is 0 Å². The number of H-pyrrole nitrogens is 1. The molecule has 2 rings (SSSR count). The van der Waals surface area contributed by atoms with Crippen molar-refractivity contribution in [3.63, 3.8) is 0 Å². The van der Waals surface area contributed by atoms with Crippen LogP contribution in [0.15, 0.2) is 24.3 Å². The zero-order valence-corrected chi connectivity index (χ0v) is 12.3. The van der Waals surface area contributed by atoms with Crippen LogP contribution < -0.4 is 4.74 Å². The molecule has 1 aromatic heterocycles. The molecule has 0 bridgehead atoms. The quantitative estimate of drug-likeness (QED) is 0.853. The van der Waals surface area contributed by atoms with E-state index in [4.69, 9.17) is 17.0 Å². The third kappa shape index (κ3) is 3.23. The van der Waals surface area contributed by atoms with E-state index in [0.717, 1.165) is 23.7 Å². The van der Waals surface area contributed by atoms with Gasteiger partial charge in [0.25, 0.3) is 0 Å². The molecular weight excluding hydrogens is 258 g/mol. The molecule has 4 nitrogen and oxygen atoms in total. The summed E-state index contributed by atoms with van der Waals surface area (Å²) in [5.74, 6) is 2.36. The van der Waals surface area contributed by atoms with Crippen molar-refractivity contribution in [2.75, 3.05) is 7.11 Å². The second-order valence-corrected chi connectivity index (χ2v) is 5.32. The highest BCUT2D eigenvalue weighted by atomic mass is 32.1. The summed E-state index contributed by atoms with van der Waals surface area (Å²) in [6.07, 6.45) is 0.712. The lowest BCUT2D eigenvalue weighted by molar-refractivity contribution is 0.409. The van der Waals surface area contributed by atoms with Gasteiger partial charge in [-0.15, -0.1) is 0 Å². The molecule has 0 unspecified atom stereocenters. The Bertz CT molecular complexity index is 601. The van der Waals surface area contributed by atoms with Gasteiger partial charge in [-0.25, -0.2) is 0 Å². The van der Waals surface area contributed by atoms with Gasteiger partial charge < -0.3 is 9.30 Å². The van der Waals surface area contributed by atoms with Crippen LogP contribution >= 0.6 is 12.2 Å². The normalized spacial score (nSPS) is 10.9. The molecule has 2 aromatic rings. The number of aromatic nitrogens is 3. The Balaban J connectivity index is 2.31. The summed E-state index contributed by atoms with van der Waals surface area (Å²) < 4.78 is 8.11. The fourth-order valence-electron chi connectivity index (χ4n) is 2.06. The smallest absolute Gasteiger partial charge is 0.195 e. The highest BCUT2D eigenvalue weighted by Crippen LogP contribution is 2.20. The molecule has 0 atom stereocenters. The molecule has 1 N–H and O–H groups in total. The van der Waals surface area contributed by atoms with Crippen LogP contribution in [0.25, 0.3) is 0 Å². The first kappa shape index (κ1) is 13.8. The number of hydrogen-bond acceptors (Lipinski definition) is 3. The standard InChI is InChI=1S/C14H19N3OS/c1-10(2)9-17-13(15-16-14(17)19)8-11-6-4-5-7-12(11)18-3/h4-7,10H,8-9H2,1-3H3,(H,16,19). The minimum Gasteiger partial charge on any atom is -0.496 e. The maximum Gasteiger partial charge on any atom is 0.195 e. The SMILES string of the molecule is COc1ccccc1Cc1n[nH]c(=S)n1CC(C)C. The van der Waals surface area contributed by atoms with Gasteiger partial charge in [-0.2, -0.15) is 5.10 Å².